The number of rotatable bonds is 0. The second kappa shape index (κ2) is 4.51. The summed E-state index contributed by atoms with van der Waals surface area (Å²) in [6.45, 7) is 4.43. The fourth-order valence-electron chi connectivity index (χ4n) is 2.87. The van der Waals surface area contributed by atoms with E-state index >= 15 is 0 Å². The maximum atomic E-state index is 4.63. The zero-order valence-electron chi connectivity index (χ0n) is 10.7. The van der Waals surface area contributed by atoms with Crippen LogP contribution in [0.15, 0.2) is 34.9 Å². The molecule has 1 aromatic heterocycles. The molecule has 1 atom stereocenters. The summed E-state index contributed by atoms with van der Waals surface area (Å²) in [7, 11) is 0. The lowest BCUT2D eigenvalue weighted by Gasteiger charge is -2.14. The van der Waals surface area contributed by atoms with E-state index in [9.17, 15) is 0 Å². The minimum absolute atomic E-state index is 0.395. The van der Waals surface area contributed by atoms with Crippen LogP contribution in [-0.2, 0) is 12.8 Å². The van der Waals surface area contributed by atoms with Gasteiger partial charge < -0.3 is 0 Å². The largest absolute Gasteiger partial charge is 0.259 e. The second-order valence-electron chi connectivity index (χ2n) is 5.12. The van der Waals surface area contributed by atoms with Crippen molar-refractivity contribution in [2.24, 2.45) is 0 Å². The molecule has 1 aliphatic rings. The lowest BCUT2D eigenvalue weighted by atomic mass is 9.92. The smallest absolute Gasteiger partial charge is 0.0508 e. The predicted molar refractivity (Wildman–Crippen MR) is 78.0 cm³/mol. The number of halogens is 1. The molecule has 0 N–H and O–H groups in total. The number of aryl methyl sites for hydroxylation is 3. The molecule has 1 heterocycles. The molecule has 0 radical (unpaired) electrons. The normalized spacial score (nSPS) is 17.8. The number of pyridine rings is 1. The standard InChI is InChI=1S/C16H16BrN/c1-10-3-6-15-11(2)16-13(5-4-12(15)7-10)8-14(17)9-18-16/h3,6-9,11H,4-5H2,1-2H3. The summed E-state index contributed by atoms with van der Waals surface area (Å²) in [5.41, 5.74) is 6.89. The van der Waals surface area contributed by atoms with E-state index in [1.54, 1.807) is 0 Å². The van der Waals surface area contributed by atoms with E-state index in [0.29, 0.717) is 5.92 Å². The fourth-order valence-corrected chi connectivity index (χ4v) is 3.25. The Hall–Kier alpha value is -1.15. The summed E-state index contributed by atoms with van der Waals surface area (Å²) in [5, 5.41) is 0. The van der Waals surface area contributed by atoms with Gasteiger partial charge >= 0.3 is 0 Å². The second-order valence-corrected chi connectivity index (χ2v) is 6.04. The van der Waals surface area contributed by atoms with E-state index < -0.39 is 0 Å². The van der Waals surface area contributed by atoms with Crippen LogP contribution in [0.4, 0.5) is 0 Å². The monoisotopic (exact) mass is 301 g/mol. The number of hydrogen-bond donors (Lipinski definition) is 0. The molecular weight excluding hydrogens is 286 g/mol. The molecule has 1 aromatic carbocycles. The van der Waals surface area contributed by atoms with Gasteiger partial charge in [0.15, 0.2) is 0 Å². The van der Waals surface area contributed by atoms with Crippen molar-refractivity contribution in [3.8, 4) is 0 Å². The van der Waals surface area contributed by atoms with E-state index in [1.807, 2.05) is 6.20 Å². The van der Waals surface area contributed by atoms with Gasteiger partial charge in [-0.2, -0.15) is 0 Å². The van der Waals surface area contributed by atoms with Crippen LogP contribution in [0, 0.1) is 6.92 Å². The number of nitrogens with zero attached hydrogens (tertiary/aromatic N) is 1. The van der Waals surface area contributed by atoms with Crippen molar-refractivity contribution in [3.05, 3.63) is 62.9 Å². The van der Waals surface area contributed by atoms with Gasteiger partial charge in [-0.25, -0.2) is 0 Å². The van der Waals surface area contributed by atoms with Gasteiger partial charge in [0.25, 0.3) is 0 Å². The molecule has 1 unspecified atom stereocenters. The van der Waals surface area contributed by atoms with E-state index in [2.05, 4.69) is 59.0 Å². The maximum absolute atomic E-state index is 4.63. The van der Waals surface area contributed by atoms with Crippen molar-refractivity contribution >= 4 is 15.9 Å². The summed E-state index contributed by atoms with van der Waals surface area (Å²) in [6.07, 6.45) is 4.11. The van der Waals surface area contributed by atoms with Crippen LogP contribution >= 0.6 is 15.9 Å². The number of fused-ring (bicyclic) bond motifs is 2. The van der Waals surface area contributed by atoms with Crippen molar-refractivity contribution < 1.29 is 0 Å². The molecule has 0 fully saturated rings. The SMILES string of the molecule is Cc1ccc2c(c1)CCc1cc(Br)cnc1C2C. The summed E-state index contributed by atoms with van der Waals surface area (Å²) in [5.74, 6) is 0.395. The van der Waals surface area contributed by atoms with Crippen LogP contribution in [0.3, 0.4) is 0 Å². The summed E-state index contributed by atoms with van der Waals surface area (Å²) >= 11 is 3.52. The van der Waals surface area contributed by atoms with Crippen LogP contribution in [0.5, 0.6) is 0 Å². The Balaban J connectivity index is 2.15. The molecule has 2 heteroatoms. The molecule has 0 amide bonds. The molecule has 0 saturated carbocycles. The molecule has 1 aliphatic carbocycles. The Morgan fingerprint density at radius 2 is 1.94 bits per heavy atom. The molecule has 0 saturated heterocycles. The highest BCUT2D eigenvalue weighted by atomic mass is 79.9. The Bertz CT molecular complexity index is 551. The topological polar surface area (TPSA) is 12.9 Å². The Kier molecular flexibility index (Phi) is 2.98. The van der Waals surface area contributed by atoms with Gasteiger partial charge in [0.1, 0.15) is 0 Å². The number of benzene rings is 1. The van der Waals surface area contributed by atoms with Gasteiger partial charge in [0.05, 0.1) is 5.69 Å². The van der Waals surface area contributed by atoms with E-state index in [1.165, 1.54) is 27.9 Å². The fraction of sp³-hybridized carbons (Fsp3) is 0.312. The Labute approximate surface area is 116 Å². The van der Waals surface area contributed by atoms with Crippen molar-refractivity contribution in [2.45, 2.75) is 32.6 Å². The van der Waals surface area contributed by atoms with Gasteiger partial charge in [-0.05, 0) is 58.5 Å². The molecule has 0 spiro atoms. The third-order valence-corrected chi connectivity index (χ3v) is 4.24. The summed E-state index contributed by atoms with van der Waals surface area (Å²) in [6, 6.07) is 9.03. The lowest BCUT2D eigenvalue weighted by Crippen LogP contribution is -2.02. The molecule has 2 aromatic rings. The summed E-state index contributed by atoms with van der Waals surface area (Å²) < 4.78 is 1.08. The zero-order valence-corrected chi connectivity index (χ0v) is 12.3. The first-order valence-corrected chi connectivity index (χ1v) is 7.18. The van der Waals surface area contributed by atoms with Crippen LogP contribution in [-0.4, -0.2) is 4.98 Å². The highest BCUT2D eigenvalue weighted by molar-refractivity contribution is 9.10. The predicted octanol–water partition coefficient (Wildman–Crippen LogP) is 4.40. The third-order valence-electron chi connectivity index (χ3n) is 3.81. The maximum Gasteiger partial charge on any atom is 0.0508 e. The van der Waals surface area contributed by atoms with Crippen molar-refractivity contribution in [3.63, 3.8) is 0 Å². The van der Waals surface area contributed by atoms with Gasteiger partial charge in [0.2, 0.25) is 0 Å². The van der Waals surface area contributed by atoms with Gasteiger partial charge in [-0.1, -0.05) is 30.7 Å². The average Bonchev–Trinajstić information content (AvgIpc) is 2.47. The first-order chi connectivity index (χ1) is 8.65. The molecule has 18 heavy (non-hydrogen) atoms. The van der Waals surface area contributed by atoms with Gasteiger partial charge in [-0.3, -0.25) is 4.98 Å². The third kappa shape index (κ3) is 1.99. The molecule has 92 valence electrons. The highest BCUT2D eigenvalue weighted by Gasteiger charge is 2.21. The number of hydrogen-bond acceptors (Lipinski definition) is 1. The van der Waals surface area contributed by atoms with E-state index in [4.69, 9.17) is 0 Å². The molecule has 0 bridgehead atoms. The van der Waals surface area contributed by atoms with Crippen molar-refractivity contribution in [1.82, 2.24) is 4.98 Å². The highest BCUT2D eigenvalue weighted by Crippen LogP contribution is 2.33. The van der Waals surface area contributed by atoms with Crippen LogP contribution in [0.1, 0.15) is 40.8 Å². The minimum Gasteiger partial charge on any atom is -0.259 e. The van der Waals surface area contributed by atoms with Crippen molar-refractivity contribution in [1.29, 1.82) is 0 Å². The zero-order chi connectivity index (χ0) is 12.7. The van der Waals surface area contributed by atoms with Gasteiger partial charge in [0, 0.05) is 16.6 Å². The van der Waals surface area contributed by atoms with Crippen LogP contribution in [0.2, 0.25) is 0 Å². The van der Waals surface area contributed by atoms with Crippen LogP contribution < -0.4 is 0 Å². The van der Waals surface area contributed by atoms with Crippen LogP contribution in [0.25, 0.3) is 0 Å². The van der Waals surface area contributed by atoms with E-state index in [0.717, 1.165) is 17.3 Å². The minimum atomic E-state index is 0.395. The first kappa shape index (κ1) is 11.9. The molecule has 1 nitrogen and oxygen atoms in total. The first-order valence-electron chi connectivity index (χ1n) is 6.39. The van der Waals surface area contributed by atoms with E-state index in [-0.39, 0.29) is 0 Å². The number of aromatic nitrogens is 1. The molecule has 3 rings (SSSR count). The van der Waals surface area contributed by atoms with Crippen molar-refractivity contribution in [2.75, 3.05) is 0 Å². The summed E-state index contributed by atoms with van der Waals surface area (Å²) in [4.78, 5) is 4.63. The van der Waals surface area contributed by atoms with Gasteiger partial charge in [-0.15, -0.1) is 0 Å². The average molecular weight is 302 g/mol. The molecule has 0 aliphatic heterocycles. The quantitative estimate of drug-likeness (QED) is 0.703. The molecular formula is C16H16BrN. The Morgan fingerprint density at radius 1 is 1.17 bits per heavy atom. The lowest BCUT2D eigenvalue weighted by molar-refractivity contribution is 0.858. The Morgan fingerprint density at radius 3 is 2.78 bits per heavy atom.